The molecule has 0 saturated carbocycles. The van der Waals surface area contributed by atoms with E-state index < -0.39 is 0 Å². The van der Waals surface area contributed by atoms with Crippen LogP contribution in [0.15, 0.2) is 0 Å². The average Bonchev–Trinajstić information content (AvgIpc) is 2.46. The third-order valence-electron chi connectivity index (χ3n) is 3.46. The number of nitrogens with two attached hydrogens (primary N) is 1. The van der Waals surface area contributed by atoms with E-state index in [1.807, 2.05) is 11.8 Å². The van der Waals surface area contributed by atoms with Crippen molar-refractivity contribution in [2.45, 2.75) is 32.2 Å². The van der Waals surface area contributed by atoms with Crippen LogP contribution in [-0.4, -0.2) is 54.5 Å². The molecule has 0 radical (unpaired) electrons. The van der Waals surface area contributed by atoms with Crippen LogP contribution in [0.3, 0.4) is 0 Å². The lowest BCUT2D eigenvalue weighted by Crippen LogP contribution is -2.41. The minimum absolute atomic E-state index is 0.0461. The van der Waals surface area contributed by atoms with Crippen molar-refractivity contribution in [3.8, 4) is 0 Å². The van der Waals surface area contributed by atoms with Crippen LogP contribution in [0.4, 0.5) is 0 Å². The summed E-state index contributed by atoms with van der Waals surface area (Å²) < 4.78 is 4.73. The van der Waals surface area contributed by atoms with Gasteiger partial charge in [0.25, 0.3) is 0 Å². The zero-order chi connectivity index (χ0) is 14.3. The lowest BCUT2D eigenvalue weighted by atomic mass is 9.97. The van der Waals surface area contributed by atoms with E-state index in [0.717, 1.165) is 12.2 Å². The number of thioether (sulfide) groups is 1. The molecule has 1 atom stereocenters. The van der Waals surface area contributed by atoms with Crippen LogP contribution >= 0.6 is 11.8 Å². The summed E-state index contributed by atoms with van der Waals surface area (Å²) in [7, 11) is 1.41. The van der Waals surface area contributed by atoms with Crippen LogP contribution in [0, 0.1) is 5.92 Å². The second kappa shape index (κ2) is 8.43. The summed E-state index contributed by atoms with van der Waals surface area (Å²) in [6, 6.07) is 0.169. The molecule has 0 aromatic carbocycles. The Hall–Kier alpha value is -0.750. The first kappa shape index (κ1) is 16.3. The predicted octanol–water partition coefficient (Wildman–Crippen LogP) is 0.869. The minimum atomic E-state index is -0.157. The number of carbonyl (C=O) groups is 2. The molecule has 19 heavy (non-hydrogen) atoms. The molecule has 1 fully saturated rings. The number of methoxy groups -OCH3 is 1. The van der Waals surface area contributed by atoms with Gasteiger partial charge in [-0.1, -0.05) is 6.92 Å². The Morgan fingerprint density at radius 3 is 2.58 bits per heavy atom. The first-order valence-corrected chi connectivity index (χ1v) is 7.92. The quantitative estimate of drug-likeness (QED) is 0.734. The van der Waals surface area contributed by atoms with Gasteiger partial charge in [-0.25, -0.2) is 0 Å². The summed E-state index contributed by atoms with van der Waals surface area (Å²) in [6.45, 7) is 3.35. The van der Waals surface area contributed by atoms with Crippen LogP contribution in [0.2, 0.25) is 0 Å². The Kier molecular flexibility index (Phi) is 7.23. The SMILES string of the molecule is CCC(N)CSCC(=O)N1CCC(C(=O)OC)CC1. The summed E-state index contributed by atoms with van der Waals surface area (Å²) in [6.07, 6.45) is 2.35. The molecule has 0 aromatic rings. The molecular formula is C13H24N2O3S. The number of ether oxygens (including phenoxy) is 1. The van der Waals surface area contributed by atoms with Gasteiger partial charge in [-0.05, 0) is 19.3 Å². The molecule has 0 spiro atoms. The molecule has 5 nitrogen and oxygen atoms in total. The number of rotatable bonds is 6. The van der Waals surface area contributed by atoms with Crippen molar-refractivity contribution >= 4 is 23.6 Å². The monoisotopic (exact) mass is 288 g/mol. The Morgan fingerprint density at radius 2 is 2.05 bits per heavy atom. The van der Waals surface area contributed by atoms with Gasteiger partial charge in [-0.15, -0.1) is 0 Å². The predicted molar refractivity (Wildman–Crippen MR) is 76.9 cm³/mol. The van der Waals surface area contributed by atoms with Crippen LogP contribution in [0.5, 0.6) is 0 Å². The molecule has 1 amide bonds. The molecular weight excluding hydrogens is 264 g/mol. The fraction of sp³-hybridized carbons (Fsp3) is 0.846. The Bertz CT molecular complexity index is 304. The highest BCUT2D eigenvalue weighted by Gasteiger charge is 2.27. The molecule has 1 rings (SSSR count). The number of esters is 1. The van der Waals surface area contributed by atoms with Crippen molar-refractivity contribution in [1.29, 1.82) is 0 Å². The molecule has 0 aromatic heterocycles. The van der Waals surface area contributed by atoms with Gasteiger partial charge < -0.3 is 15.4 Å². The lowest BCUT2D eigenvalue weighted by Gasteiger charge is -2.30. The Morgan fingerprint density at radius 1 is 1.42 bits per heavy atom. The highest BCUT2D eigenvalue weighted by atomic mass is 32.2. The molecule has 2 N–H and O–H groups in total. The number of hydrogen-bond donors (Lipinski definition) is 1. The lowest BCUT2D eigenvalue weighted by molar-refractivity contribution is -0.148. The van der Waals surface area contributed by atoms with Gasteiger partial charge in [-0.2, -0.15) is 11.8 Å². The summed E-state index contributed by atoms with van der Waals surface area (Å²) in [4.78, 5) is 25.2. The van der Waals surface area contributed by atoms with Gasteiger partial charge >= 0.3 is 5.97 Å². The van der Waals surface area contributed by atoms with Crippen LogP contribution in [0.1, 0.15) is 26.2 Å². The maximum absolute atomic E-state index is 12.0. The second-order valence-corrected chi connectivity index (χ2v) is 5.89. The largest absolute Gasteiger partial charge is 0.469 e. The Labute approximate surface area is 119 Å². The second-order valence-electron chi connectivity index (χ2n) is 4.86. The zero-order valence-corrected chi connectivity index (χ0v) is 12.6. The maximum atomic E-state index is 12.0. The van der Waals surface area contributed by atoms with Crippen molar-refractivity contribution in [1.82, 2.24) is 4.90 Å². The van der Waals surface area contributed by atoms with Gasteiger partial charge in [0, 0.05) is 24.9 Å². The first-order valence-electron chi connectivity index (χ1n) is 6.77. The van der Waals surface area contributed by atoms with E-state index in [9.17, 15) is 9.59 Å². The van der Waals surface area contributed by atoms with Crippen molar-refractivity contribution in [2.24, 2.45) is 11.7 Å². The summed E-state index contributed by atoms with van der Waals surface area (Å²) in [5.41, 5.74) is 5.81. The van der Waals surface area contributed by atoms with Gasteiger partial charge in [0.15, 0.2) is 0 Å². The van der Waals surface area contributed by atoms with Gasteiger partial charge in [-0.3, -0.25) is 9.59 Å². The molecule has 1 aliphatic heterocycles. The van der Waals surface area contributed by atoms with Crippen molar-refractivity contribution in [2.75, 3.05) is 31.7 Å². The van der Waals surface area contributed by atoms with Crippen LogP contribution < -0.4 is 5.73 Å². The van der Waals surface area contributed by atoms with E-state index >= 15 is 0 Å². The maximum Gasteiger partial charge on any atom is 0.308 e. The normalized spacial score (nSPS) is 18.2. The number of hydrogen-bond acceptors (Lipinski definition) is 5. The van der Waals surface area contributed by atoms with Gasteiger partial charge in [0.1, 0.15) is 0 Å². The molecule has 6 heteroatoms. The smallest absolute Gasteiger partial charge is 0.308 e. The van der Waals surface area contributed by atoms with E-state index in [1.165, 1.54) is 7.11 Å². The van der Waals surface area contributed by atoms with Crippen molar-refractivity contribution in [3.05, 3.63) is 0 Å². The molecule has 1 saturated heterocycles. The van der Waals surface area contributed by atoms with Gasteiger partial charge in [0.2, 0.25) is 5.91 Å². The van der Waals surface area contributed by atoms with E-state index in [0.29, 0.717) is 31.7 Å². The highest BCUT2D eigenvalue weighted by molar-refractivity contribution is 7.99. The Balaban J connectivity index is 2.23. The van der Waals surface area contributed by atoms with E-state index in [2.05, 4.69) is 0 Å². The third kappa shape index (κ3) is 5.40. The van der Waals surface area contributed by atoms with Crippen molar-refractivity contribution in [3.63, 3.8) is 0 Å². The zero-order valence-electron chi connectivity index (χ0n) is 11.8. The first-order chi connectivity index (χ1) is 9.08. The average molecular weight is 288 g/mol. The third-order valence-corrected chi connectivity index (χ3v) is 4.58. The molecule has 0 bridgehead atoms. The minimum Gasteiger partial charge on any atom is -0.469 e. The number of amides is 1. The molecule has 1 aliphatic rings. The standard InChI is InChI=1S/C13H24N2O3S/c1-3-11(14)8-19-9-12(16)15-6-4-10(5-7-15)13(17)18-2/h10-11H,3-9,14H2,1-2H3. The fourth-order valence-electron chi connectivity index (χ4n) is 2.04. The highest BCUT2D eigenvalue weighted by Crippen LogP contribution is 2.19. The number of likely N-dealkylation sites (tertiary alicyclic amines) is 1. The number of piperidine rings is 1. The van der Waals surface area contributed by atoms with Crippen LogP contribution in [0.25, 0.3) is 0 Å². The summed E-state index contributed by atoms with van der Waals surface area (Å²) in [5, 5.41) is 0. The van der Waals surface area contributed by atoms with E-state index in [-0.39, 0.29) is 23.8 Å². The number of carbonyl (C=O) groups excluding carboxylic acids is 2. The van der Waals surface area contributed by atoms with E-state index in [1.54, 1.807) is 11.8 Å². The molecule has 110 valence electrons. The molecule has 1 unspecified atom stereocenters. The van der Waals surface area contributed by atoms with E-state index in [4.69, 9.17) is 10.5 Å². The summed E-state index contributed by atoms with van der Waals surface area (Å²) in [5.74, 6) is 1.25. The molecule has 1 heterocycles. The van der Waals surface area contributed by atoms with Crippen LogP contribution in [-0.2, 0) is 14.3 Å². The fourth-order valence-corrected chi connectivity index (χ4v) is 3.05. The van der Waals surface area contributed by atoms with Gasteiger partial charge in [0.05, 0.1) is 18.8 Å². The van der Waals surface area contributed by atoms with Crippen molar-refractivity contribution < 1.29 is 14.3 Å². The topological polar surface area (TPSA) is 72.6 Å². The summed E-state index contributed by atoms with van der Waals surface area (Å²) >= 11 is 1.59. The molecule has 0 aliphatic carbocycles. The number of nitrogens with zero attached hydrogens (tertiary/aromatic N) is 1.